The molecule has 9 heteroatoms. The third-order valence-corrected chi connectivity index (χ3v) is 6.86. The maximum Gasteiger partial charge on any atom is 0.161 e. The van der Waals surface area contributed by atoms with Crippen molar-refractivity contribution in [3.63, 3.8) is 0 Å². The first-order chi connectivity index (χ1) is 9.95. The van der Waals surface area contributed by atoms with Gasteiger partial charge in [0.2, 0.25) is 0 Å². The van der Waals surface area contributed by atoms with Gasteiger partial charge in [0.25, 0.3) is 0 Å². The van der Waals surface area contributed by atoms with E-state index in [0.717, 1.165) is 0 Å². The minimum Gasteiger partial charge on any atom is -0.497 e. The van der Waals surface area contributed by atoms with Crippen LogP contribution in [-0.2, 0) is 9.84 Å². The van der Waals surface area contributed by atoms with Gasteiger partial charge < -0.3 is 14.4 Å². The van der Waals surface area contributed by atoms with E-state index in [4.69, 9.17) is 14.9 Å². The molecule has 2 fully saturated rings. The normalized spacial score (nSPS) is 25.5. The molecule has 3 rings (SSSR count). The van der Waals surface area contributed by atoms with Gasteiger partial charge >= 0.3 is 0 Å². The fourth-order valence-electron chi connectivity index (χ4n) is 2.77. The molecule has 2 aliphatic heterocycles. The Morgan fingerprint density at radius 2 is 2.00 bits per heavy atom. The zero-order valence-corrected chi connectivity index (χ0v) is 15.5. The summed E-state index contributed by atoms with van der Waals surface area (Å²) >= 11 is 1.31. The third kappa shape index (κ3) is 2.93. The monoisotopic (exact) mass is 408 g/mol. The minimum absolute atomic E-state index is 0. The molecule has 1 aromatic rings. The van der Waals surface area contributed by atoms with Crippen LogP contribution < -0.4 is 14.4 Å². The van der Waals surface area contributed by atoms with E-state index in [-0.39, 0.29) is 39.8 Å². The lowest BCUT2D eigenvalue weighted by atomic mass is 10.2. The van der Waals surface area contributed by atoms with Crippen molar-refractivity contribution < 1.29 is 17.9 Å². The van der Waals surface area contributed by atoms with Crippen molar-refractivity contribution in [2.75, 3.05) is 30.6 Å². The van der Waals surface area contributed by atoms with Crippen LogP contribution in [0.2, 0.25) is 0 Å². The topological polar surface area (TPSA) is 79.7 Å². The van der Waals surface area contributed by atoms with Crippen LogP contribution in [0.1, 0.15) is 0 Å². The highest BCUT2D eigenvalue weighted by Gasteiger charge is 2.49. The standard InChI is InChI=1S/C13H16N2O4S2.BrH/c1-18-8-3-4-11(19-2)9(5-8)15-10-6-21(16,17)7-12(10)20-13(15)14;/h3-5,10,12,14H,6-7H2,1-2H3;1H/t10-,12+;/m0./s1. The molecule has 0 aromatic heterocycles. The molecule has 0 amide bonds. The predicted octanol–water partition coefficient (Wildman–Crippen LogP) is 1.94. The van der Waals surface area contributed by atoms with E-state index in [1.807, 2.05) is 0 Å². The molecule has 2 aliphatic rings. The minimum atomic E-state index is -3.04. The van der Waals surface area contributed by atoms with Gasteiger partial charge in [-0.1, -0.05) is 11.8 Å². The number of halogens is 1. The molecule has 0 spiro atoms. The first-order valence-corrected chi connectivity index (χ1v) is 9.12. The first kappa shape index (κ1) is 17.4. The average Bonchev–Trinajstić information content (AvgIpc) is 2.88. The highest BCUT2D eigenvalue weighted by molar-refractivity contribution is 8.93. The number of hydrogen-bond acceptors (Lipinski definition) is 6. The van der Waals surface area contributed by atoms with Gasteiger partial charge in [-0.25, -0.2) is 8.42 Å². The molecule has 22 heavy (non-hydrogen) atoms. The summed E-state index contributed by atoms with van der Waals surface area (Å²) in [5, 5.41) is 8.44. The number of anilines is 1. The van der Waals surface area contributed by atoms with Crippen LogP contribution in [0.3, 0.4) is 0 Å². The summed E-state index contributed by atoms with van der Waals surface area (Å²) in [6.07, 6.45) is 0. The van der Waals surface area contributed by atoms with Gasteiger partial charge in [0.15, 0.2) is 15.0 Å². The lowest BCUT2D eigenvalue weighted by molar-refractivity contribution is 0.403. The van der Waals surface area contributed by atoms with E-state index in [0.29, 0.717) is 22.4 Å². The largest absolute Gasteiger partial charge is 0.497 e. The van der Waals surface area contributed by atoms with E-state index in [1.165, 1.54) is 11.8 Å². The van der Waals surface area contributed by atoms with Crippen molar-refractivity contribution in [3.8, 4) is 11.5 Å². The van der Waals surface area contributed by atoms with Gasteiger partial charge in [0, 0.05) is 11.3 Å². The fourth-order valence-corrected chi connectivity index (χ4v) is 6.56. The molecular formula is C13H17BrN2O4S2. The number of ether oxygens (including phenoxy) is 2. The molecule has 2 atom stereocenters. The predicted molar refractivity (Wildman–Crippen MR) is 93.9 cm³/mol. The van der Waals surface area contributed by atoms with E-state index in [1.54, 1.807) is 37.3 Å². The molecule has 0 bridgehead atoms. The molecule has 0 saturated carbocycles. The number of fused-ring (bicyclic) bond motifs is 1. The van der Waals surface area contributed by atoms with Crippen LogP contribution in [0.4, 0.5) is 5.69 Å². The van der Waals surface area contributed by atoms with Crippen molar-refractivity contribution in [1.82, 2.24) is 0 Å². The fraction of sp³-hybridized carbons (Fsp3) is 0.462. The van der Waals surface area contributed by atoms with Gasteiger partial charge in [-0.05, 0) is 12.1 Å². The van der Waals surface area contributed by atoms with Crippen LogP contribution in [0, 0.1) is 5.41 Å². The molecule has 6 nitrogen and oxygen atoms in total. The Labute approximate surface area is 144 Å². The summed E-state index contributed by atoms with van der Waals surface area (Å²) < 4.78 is 34.3. The van der Waals surface area contributed by atoms with Crippen molar-refractivity contribution in [3.05, 3.63) is 18.2 Å². The summed E-state index contributed by atoms with van der Waals surface area (Å²) in [6, 6.07) is 5.11. The highest BCUT2D eigenvalue weighted by Crippen LogP contribution is 2.44. The molecule has 0 unspecified atom stereocenters. The van der Waals surface area contributed by atoms with Crippen molar-refractivity contribution >= 4 is 49.4 Å². The van der Waals surface area contributed by atoms with Gasteiger partial charge in [-0.3, -0.25) is 5.41 Å². The highest BCUT2D eigenvalue weighted by atomic mass is 79.9. The van der Waals surface area contributed by atoms with E-state index in [9.17, 15) is 8.42 Å². The molecule has 2 heterocycles. The second kappa shape index (κ2) is 6.29. The van der Waals surface area contributed by atoms with Crippen LogP contribution >= 0.6 is 28.7 Å². The molecule has 2 saturated heterocycles. The summed E-state index contributed by atoms with van der Waals surface area (Å²) in [5.41, 5.74) is 0.680. The molecule has 0 aliphatic carbocycles. The lowest BCUT2D eigenvalue weighted by Crippen LogP contribution is -2.37. The molecular weight excluding hydrogens is 392 g/mol. The number of nitrogens with zero attached hydrogens (tertiary/aromatic N) is 1. The maximum absolute atomic E-state index is 11.8. The second-order valence-electron chi connectivity index (χ2n) is 5.01. The number of rotatable bonds is 3. The number of amidine groups is 1. The Hall–Kier alpha value is -0.930. The van der Waals surface area contributed by atoms with Gasteiger partial charge in [0.1, 0.15) is 11.5 Å². The molecule has 122 valence electrons. The Bertz CT molecular complexity index is 695. The van der Waals surface area contributed by atoms with Crippen molar-refractivity contribution in [2.45, 2.75) is 11.3 Å². The van der Waals surface area contributed by atoms with E-state index >= 15 is 0 Å². The van der Waals surface area contributed by atoms with Gasteiger partial charge in [0.05, 0.1) is 37.5 Å². The average molecular weight is 409 g/mol. The quantitative estimate of drug-likeness (QED) is 0.822. The van der Waals surface area contributed by atoms with Crippen LogP contribution in [-0.4, -0.2) is 50.6 Å². The summed E-state index contributed by atoms with van der Waals surface area (Å²) in [4.78, 5) is 1.75. The first-order valence-electron chi connectivity index (χ1n) is 6.42. The van der Waals surface area contributed by atoms with Crippen molar-refractivity contribution in [1.29, 1.82) is 5.41 Å². The Kier molecular flexibility index (Phi) is 4.98. The summed E-state index contributed by atoms with van der Waals surface area (Å²) in [6.45, 7) is 0. The van der Waals surface area contributed by atoms with Crippen LogP contribution in [0.25, 0.3) is 0 Å². The summed E-state index contributed by atoms with van der Waals surface area (Å²) in [7, 11) is 0.0882. The van der Waals surface area contributed by atoms with Crippen molar-refractivity contribution in [2.24, 2.45) is 0 Å². The molecule has 1 N–H and O–H groups in total. The number of sulfone groups is 1. The Morgan fingerprint density at radius 1 is 1.27 bits per heavy atom. The smallest absolute Gasteiger partial charge is 0.161 e. The van der Waals surface area contributed by atoms with Gasteiger partial charge in [-0.2, -0.15) is 0 Å². The number of thioether (sulfide) groups is 1. The Morgan fingerprint density at radius 3 is 2.64 bits per heavy atom. The zero-order valence-electron chi connectivity index (χ0n) is 12.1. The Balaban J connectivity index is 0.00000176. The number of methoxy groups -OCH3 is 2. The van der Waals surface area contributed by atoms with E-state index < -0.39 is 9.84 Å². The second-order valence-corrected chi connectivity index (χ2v) is 8.40. The zero-order chi connectivity index (χ0) is 15.2. The molecule has 0 radical (unpaired) electrons. The van der Waals surface area contributed by atoms with Gasteiger partial charge in [-0.15, -0.1) is 17.0 Å². The lowest BCUT2D eigenvalue weighted by Gasteiger charge is -2.26. The van der Waals surface area contributed by atoms with Crippen LogP contribution in [0.5, 0.6) is 11.5 Å². The molecule has 1 aromatic carbocycles. The van der Waals surface area contributed by atoms with E-state index in [2.05, 4.69) is 0 Å². The SMILES string of the molecule is Br.COc1ccc(OC)c(N2C(=N)S[C@@H]3CS(=O)(=O)C[C@@H]32)c1. The van der Waals surface area contributed by atoms with Crippen LogP contribution in [0.15, 0.2) is 18.2 Å². The number of hydrogen-bond donors (Lipinski definition) is 1. The maximum atomic E-state index is 11.8. The third-order valence-electron chi connectivity index (χ3n) is 3.73. The summed E-state index contributed by atoms with van der Waals surface area (Å²) in [5.74, 6) is 1.46. The number of nitrogens with one attached hydrogen (secondary N) is 1. The number of benzene rings is 1.